The van der Waals surface area contributed by atoms with Gasteiger partial charge in [0, 0.05) is 31.7 Å². The first-order valence-corrected chi connectivity index (χ1v) is 6.39. The molecule has 2 atom stereocenters. The van der Waals surface area contributed by atoms with Crippen LogP contribution in [0.5, 0.6) is 5.75 Å². The third-order valence-corrected chi connectivity index (χ3v) is 4.08. The van der Waals surface area contributed by atoms with Crippen LogP contribution in [0.3, 0.4) is 0 Å². The first-order chi connectivity index (χ1) is 8.83. The van der Waals surface area contributed by atoms with Crippen molar-refractivity contribution in [3.8, 4) is 11.8 Å². The van der Waals surface area contributed by atoms with Crippen molar-refractivity contribution in [3.63, 3.8) is 0 Å². The molecule has 2 fully saturated rings. The van der Waals surface area contributed by atoms with E-state index in [1.54, 1.807) is 7.11 Å². The number of fused-ring (bicyclic) bond motifs is 1. The highest BCUT2D eigenvalue weighted by Gasteiger charge is 2.38. The van der Waals surface area contributed by atoms with E-state index in [1.807, 2.05) is 18.2 Å². The van der Waals surface area contributed by atoms with Gasteiger partial charge >= 0.3 is 0 Å². The van der Waals surface area contributed by atoms with Crippen LogP contribution in [0.25, 0.3) is 0 Å². The molecule has 0 aliphatic carbocycles. The standard InChI is InChI=1S/C14H17N3O/c1-18-12-3-2-10(7-15)13(6-12)17-5-4-11-8-16-9-14(11)17/h2-3,6,11,14,16H,4-5,8-9H2,1H3/t11-,14+/m0/s1. The Hall–Kier alpha value is -1.73. The van der Waals surface area contributed by atoms with Gasteiger partial charge in [0.2, 0.25) is 0 Å². The summed E-state index contributed by atoms with van der Waals surface area (Å²) >= 11 is 0. The van der Waals surface area contributed by atoms with Gasteiger partial charge in [-0.3, -0.25) is 0 Å². The number of benzene rings is 1. The van der Waals surface area contributed by atoms with Crippen LogP contribution in [0.4, 0.5) is 5.69 Å². The number of nitrogens with zero attached hydrogens (tertiary/aromatic N) is 2. The number of ether oxygens (including phenoxy) is 1. The molecule has 1 aromatic carbocycles. The summed E-state index contributed by atoms with van der Waals surface area (Å²) in [5, 5.41) is 12.7. The van der Waals surface area contributed by atoms with Crippen LogP contribution in [0, 0.1) is 17.2 Å². The quantitative estimate of drug-likeness (QED) is 0.852. The Kier molecular flexibility index (Phi) is 2.85. The zero-order valence-electron chi connectivity index (χ0n) is 10.5. The number of hydrogen-bond acceptors (Lipinski definition) is 4. The maximum Gasteiger partial charge on any atom is 0.121 e. The van der Waals surface area contributed by atoms with Crippen molar-refractivity contribution in [2.45, 2.75) is 12.5 Å². The predicted molar refractivity (Wildman–Crippen MR) is 69.8 cm³/mol. The lowest BCUT2D eigenvalue weighted by molar-refractivity contribution is 0.414. The lowest BCUT2D eigenvalue weighted by atomic mass is 10.0. The fraction of sp³-hybridized carbons (Fsp3) is 0.500. The van der Waals surface area contributed by atoms with Crippen LogP contribution in [0.1, 0.15) is 12.0 Å². The summed E-state index contributed by atoms with van der Waals surface area (Å²) < 4.78 is 5.27. The van der Waals surface area contributed by atoms with Crippen molar-refractivity contribution in [1.82, 2.24) is 5.32 Å². The summed E-state index contributed by atoms with van der Waals surface area (Å²) in [6.07, 6.45) is 1.21. The molecule has 0 unspecified atom stereocenters. The Morgan fingerprint density at radius 2 is 2.33 bits per heavy atom. The number of nitriles is 1. The van der Waals surface area contributed by atoms with Crippen molar-refractivity contribution < 1.29 is 4.74 Å². The molecule has 4 heteroatoms. The molecule has 0 radical (unpaired) electrons. The monoisotopic (exact) mass is 243 g/mol. The molecule has 0 aromatic heterocycles. The van der Waals surface area contributed by atoms with Gasteiger partial charge in [-0.25, -0.2) is 0 Å². The maximum absolute atomic E-state index is 9.25. The minimum atomic E-state index is 0.532. The molecule has 2 heterocycles. The van der Waals surface area contributed by atoms with E-state index in [1.165, 1.54) is 6.42 Å². The number of rotatable bonds is 2. The molecule has 18 heavy (non-hydrogen) atoms. The average Bonchev–Trinajstić information content (AvgIpc) is 3.00. The Bertz CT molecular complexity index is 494. The van der Waals surface area contributed by atoms with Crippen LogP contribution in [0.2, 0.25) is 0 Å². The van der Waals surface area contributed by atoms with Gasteiger partial charge in [-0.15, -0.1) is 0 Å². The first kappa shape index (κ1) is 11.4. The topological polar surface area (TPSA) is 48.3 Å². The van der Waals surface area contributed by atoms with Gasteiger partial charge in [0.25, 0.3) is 0 Å². The lowest BCUT2D eigenvalue weighted by Crippen LogP contribution is -2.34. The zero-order valence-corrected chi connectivity index (χ0v) is 10.5. The van der Waals surface area contributed by atoms with Crippen LogP contribution < -0.4 is 15.0 Å². The van der Waals surface area contributed by atoms with Crippen molar-refractivity contribution in [1.29, 1.82) is 5.26 Å². The van der Waals surface area contributed by atoms with Crippen molar-refractivity contribution in [3.05, 3.63) is 23.8 Å². The summed E-state index contributed by atoms with van der Waals surface area (Å²) in [7, 11) is 1.66. The Morgan fingerprint density at radius 1 is 1.44 bits per heavy atom. The minimum absolute atomic E-state index is 0.532. The van der Waals surface area contributed by atoms with E-state index in [4.69, 9.17) is 4.74 Å². The second-order valence-corrected chi connectivity index (χ2v) is 4.96. The Labute approximate surface area is 107 Å². The molecule has 0 amide bonds. The van der Waals surface area contributed by atoms with Gasteiger partial charge in [0.1, 0.15) is 11.8 Å². The molecular weight excluding hydrogens is 226 g/mol. The van der Waals surface area contributed by atoms with E-state index < -0.39 is 0 Å². The summed E-state index contributed by atoms with van der Waals surface area (Å²) in [5.41, 5.74) is 1.76. The number of methoxy groups -OCH3 is 1. The van der Waals surface area contributed by atoms with Crippen molar-refractivity contribution in [2.24, 2.45) is 5.92 Å². The minimum Gasteiger partial charge on any atom is -0.497 e. The Morgan fingerprint density at radius 3 is 3.11 bits per heavy atom. The van der Waals surface area contributed by atoms with E-state index in [-0.39, 0.29) is 0 Å². The average molecular weight is 243 g/mol. The van der Waals surface area contributed by atoms with Crippen LogP contribution >= 0.6 is 0 Å². The third-order valence-electron chi connectivity index (χ3n) is 4.08. The highest BCUT2D eigenvalue weighted by molar-refractivity contribution is 5.63. The van der Waals surface area contributed by atoms with E-state index in [9.17, 15) is 5.26 Å². The van der Waals surface area contributed by atoms with Gasteiger partial charge < -0.3 is 15.0 Å². The van der Waals surface area contributed by atoms with Crippen LogP contribution in [0.15, 0.2) is 18.2 Å². The summed E-state index contributed by atoms with van der Waals surface area (Å²) in [6, 6.07) is 8.50. The third kappa shape index (κ3) is 1.72. The van der Waals surface area contributed by atoms with E-state index in [0.29, 0.717) is 6.04 Å². The second kappa shape index (κ2) is 4.51. The summed E-state index contributed by atoms with van der Waals surface area (Å²) in [4.78, 5) is 2.37. The first-order valence-electron chi connectivity index (χ1n) is 6.39. The molecule has 2 aliphatic rings. The van der Waals surface area contributed by atoms with Gasteiger partial charge in [0.05, 0.1) is 18.4 Å². The predicted octanol–water partition coefficient (Wildman–Crippen LogP) is 1.36. The van der Waals surface area contributed by atoms with Gasteiger partial charge in [-0.05, 0) is 24.5 Å². The molecule has 1 aromatic rings. The number of anilines is 1. The van der Waals surface area contributed by atoms with Gasteiger partial charge in [-0.2, -0.15) is 5.26 Å². The number of hydrogen-bond donors (Lipinski definition) is 1. The SMILES string of the molecule is COc1ccc(C#N)c(N2CC[C@H]3CNC[C@H]32)c1. The smallest absolute Gasteiger partial charge is 0.121 e. The molecule has 0 saturated carbocycles. The molecule has 4 nitrogen and oxygen atoms in total. The van der Waals surface area contributed by atoms with Gasteiger partial charge in [-0.1, -0.05) is 0 Å². The van der Waals surface area contributed by atoms with E-state index in [0.717, 1.165) is 42.6 Å². The van der Waals surface area contributed by atoms with E-state index >= 15 is 0 Å². The fourth-order valence-electron chi connectivity index (χ4n) is 3.12. The van der Waals surface area contributed by atoms with Gasteiger partial charge in [0.15, 0.2) is 0 Å². The molecule has 94 valence electrons. The molecule has 1 N–H and O–H groups in total. The maximum atomic E-state index is 9.25. The largest absolute Gasteiger partial charge is 0.497 e. The molecule has 2 saturated heterocycles. The molecule has 3 rings (SSSR count). The highest BCUT2D eigenvalue weighted by atomic mass is 16.5. The summed E-state index contributed by atoms with van der Waals surface area (Å²) in [5.74, 6) is 1.54. The Balaban J connectivity index is 1.98. The van der Waals surface area contributed by atoms with Crippen LogP contribution in [-0.2, 0) is 0 Å². The molecule has 2 aliphatic heterocycles. The van der Waals surface area contributed by atoms with Crippen molar-refractivity contribution >= 4 is 5.69 Å². The summed E-state index contributed by atoms with van der Waals surface area (Å²) in [6.45, 7) is 3.17. The molecular formula is C14H17N3O. The van der Waals surface area contributed by atoms with Crippen molar-refractivity contribution in [2.75, 3.05) is 31.6 Å². The van der Waals surface area contributed by atoms with E-state index in [2.05, 4.69) is 16.3 Å². The van der Waals surface area contributed by atoms with Crippen LogP contribution in [-0.4, -0.2) is 32.8 Å². The fourth-order valence-corrected chi connectivity index (χ4v) is 3.12. The highest BCUT2D eigenvalue weighted by Crippen LogP contribution is 2.35. The zero-order chi connectivity index (χ0) is 12.5. The normalized spacial score (nSPS) is 25.9. The number of nitrogens with one attached hydrogen (secondary N) is 1. The lowest BCUT2D eigenvalue weighted by Gasteiger charge is -2.26. The second-order valence-electron chi connectivity index (χ2n) is 4.96. The molecule has 0 bridgehead atoms. The molecule has 0 spiro atoms.